The van der Waals surface area contributed by atoms with E-state index in [2.05, 4.69) is 50.0 Å². The Hall–Kier alpha value is -3.21. The highest BCUT2D eigenvalue weighted by atomic mass is 79.9. The summed E-state index contributed by atoms with van der Waals surface area (Å²) in [5.41, 5.74) is 7.73. The van der Waals surface area contributed by atoms with Crippen LogP contribution in [0.15, 0.2) is 53.8 Å². The van der Waals surface area contributed by atoms with Crippen molar-refractivity contribution in [1.82, 2.24) is 15.3 Å². The van der Waals surface area contributed by atoms with Gasteiger partial charge in [-0.3, -0.25) is 9.78 Å². The first-order valence-corrected chi connectivity index (χ1v) is 10.8. The van der Waals surface area contributed by atoms with Crippen LogP contribution in [0.25, 0.3) is 16.3 Å². The van der Waals surface area contributed by atoms with Crippen LogP contribution >= 0.6 is 15.9 Å². The lowest BCUT2D eigenvalue weighted by atomic mass is 9.98. The molecule has 3 heterocycles. The topological polar surface area (TPSA) is 92.9 Å². The van der Waals surface area contributed by atoms with Gasteiger partial charge >= 0.3 is 0 Å². The monoisotopic (exact) mass is 475 g/mol. The van der Waals surface area contributed by atoms with Gasteiger partial charge in [0.15, 0.2) is 0 Å². The molecule has 1 aromatic carbocycles. The molecule has 31 heavy (non-hydrogen) atoms. The summed E-state index contributed by atoms with van der Waals surface area (Å²) in [5, 5.41) is 8.49. The summed E-state index contributed by atoms with van der Waals surface area (Å²) >= 11 is 3.50. The number of allylic oxidation sites excluding steroid dienone is 1. The van der Waals surface area contributed by atoms with Crippen LogP contribution in [-0.2, 0) is 0 Å². The van der Waals surface area contributed by atoms with Gasteiger partial charge in [-0.05, 0) is 49.7 Å². The zero-order chi connectivity index (χ0) is 21.8. The van der Waals surface area contributed by atoms with Crippen LogP contribution in [0, 0.1) is 11.8 Å². The van der Waals surface area contributed by atoms with Crippen LogP contribution in [0.1, 0.15) is 34.5 Å². The van der Waals surface area contributed by atoms with E-state index in [1.54, 1.807) is 12.4 Å². The summed E-state index contributed by atoms with van der Waals surface area (Å²) in [7, 11) is 0. The van der Waals surface area contributed by atoms with E-state index < -0.39 is 5.91 Å². The van der Waals surface area contributed by atoms with E-state index >= 15 is 0 Å². The Morgan fingerprint density at radius 3 is 2.77 bits per heavy atom. The molecule has 1 aliphatic heterocycles. The van der Waals surface area contributed by atoms with Crippen molar-refractivity contribution < 1.29 is 4.79 Å². The molecule has 0 aliphatic carbocycles. The number of amides is 1. The van der Waals surface area contributed by atoms with E-state index in [1.165, 1.54) is 0 Å². The van der Waals surface area contributed by atoms with Crippen molar-refractivity contribution in [2.24, 2.45) is 5.73 Å². The molecule has 1 unspecified atom stereocenters. The fourth-order valence-corrected chi connectivity index (χ4v) is 4.03. The van der Waals surface area contributed by atoms with Crippen molar-refractivity contribution in [3.05, 3.63) is 70.6 Å². The smallest absolute Gasteiger partial charge is 0.251 e. The zero-order valence-electron chi connectivity index (χ0n) is 16.9. The van der Waals surface area contributed by atoms with Gasteiger partial charge in [-0.25, -0.2) is 4.98 Å². The van der Waals surface area contributed by atoms with Gasteiger partial charge in [-0.15, -0.1) is 0 Å². The molecule has 6 nitrogen and oxygen atoms in total. The molecule has 3 aromatic rings. The predicted octanol–water partition coefficient (Wildman–Crippen LogP) is 3.72. The summed E-state index contributed by atoms with van der Waals surface area (Å²) in [6, 6.07) is 9.61. The number of piperidine rings is 1. The third kappa shape index (κ3) is 4.76. The van der Waals surface area contributed by atoms with E-state index in [-0.39, 0.29) is 6.04 Å². The van der Waals surface area contributed by atoms with E-state index in [0.717, 1.165) is 41.4 Å². The molecular formula is C24H22BrN5O. The number of nitrogens with one attached hydrogen (secondary N) is 2. The minimum atomic E-state index is -0.566. The number of carbonyl (C=O) groups is 1. The standard InChI is InChI=1S/C24H22BrN5O/c1-15(4-5-16-8-11-27-12-9-16)22-21(23(26)31)20-13-17(25)6-7-19(20)24(30-22)29-18-3-2-10-28-14-18/h6-9,11-13,18,28H,1-3,10,14H2,(H2,26,31)(H,29,30). The first-order valence-electron chi connectivity index (χ1n) is 10.0. The molecule has 156 valence electrons. The van der Waals surface area contributed by atoms with Crippen molar-refractivity contribution >= 4 is 44.0 Å². The fourth-order valence-electron chi connectivity index (χ4n) is 3.67. The maximum absolute atomic E-state index is 12.5. The number of primary amides is 1. The average Bonchev–Trinajstić information content (AvgIpc) is 2.78. The van der Waals surface area contributed by atoms with Crippen LogP contribution in [0.3, 0.4) is 0 Å². The summed E-state index contributed by atoms with van der Waals surface area (Å²) in [6.07, 6.45) is 5.49. The van der Waals surface area contributed by atoms with E-state index in [4.69, 9.17) is 10.7 Å². The number of pyridine rings is 2. The van der Waals surface area contributed by atoms with Crippen LogP contribution in [0.2, 0.25) is 0 Å². The number of aromatic nitrogens is 2. The number of anilines is 1. The molecule has 4 N–H and O–H groups in total. The third-order valence-corrected chi connectivity index (χ3v) is 5.67. The molecule has 2 aromatic heterocycles. The van der Waals surface area contributed by atoms with Crippen LogP contribution in [0.5, 0.6) is 0 Å². The van der Waals surface area contributed by atoms with Gasteiger partial charge in [0.2, 0.25) is 0 Å². The highest BCUT2D eigenvalue weighted by Crippen LogP contribution is 2.32. The van der Waals surface area contributed by atoms with Crippen molar-refractivity contribution in [3.8, 4) is 11.8 Å². The highest BCUT2D eigenvalue weighted by Gasteiger charge is 2.22. The molecule has 1 aliphatic rings. The molecule has 0 saturated carbocycles. The molecular weight excluding hydrogens is 454 g/mol. The molecule has 1 atom stereocenters. The first kappa shape index (κ1) is 21.0. The quantitative estimate of drug-likeness (QED) is 0.500. The number of hydrogen-bond donors (Lipinski definition) is 3. The Balaban J connectivity index is 1.84. The lowest BCUT2D eigenvalue weighted by molar-refractivity contribution is 0.100. The Bertz CT molecular complexity index is 1210. The zero-order valence-corrected chi connectivity index (χ0v) is 18.5. The number of hydrogen-bond acceptors (Lipinski definition) is 5. The Kier molecular flexibility index (Phi) is 6.31. The molecule has 1 saturated heterocycles. The molecule has 1 fully saturated rings. The van der Waals surface area contributed by atoms with E-state index in [9.17, 15) is 4.79 Å². The summed E-state index contributed by atoms with van der Waals surface area (Å²) < 4.78 is 0.846. The van der Waals surface area contributed by atoms with Crippen LogP contribution in [-0.4, -0.2) is 35.0 Å². The normalized spacial score (nSPS) is 15.7. The second-order valence-electron chi connectivity index (χ2n) is 7.39. The summed E-state index contributed by atoms with van der Waals surface area (Å²) in [4.78, 5) is 21.3. The second kappa shape index (κ2) is 9.29. The van der Waals surface area contributed by atoms with Crippen LogP contribution < -0.4 is 16.4 Å². The number of benzene rings is 1. The SMILES string of the molecule is C=C(C#Cc1ccncc1)c1nc(NC2CCCNC2)c2ccc(Br)cc2c1C(N)=O. The second-order valence-corrected chi connectivity index (χ2v) is 8.31. The number of carbonyl (C=O) groups excluding carboxylic acids is 1. The van der Waals surface area contributed by atoms with E-state index in [0.29, 0.717) is 28.0 Å². The number of fused-ring (bicyclic) bond motifs is 1. The van der Waals surface area contributed by atoms with Gasteiger partial charge in [-0.1, -0.05) is 34.3 Å². The predicted molar refractivity (Wildman–Crippen MR) is 128 cm³/mol. The highest BCUT2D eigenvalue weighted by molar-refractivity contribution is 9.10. The van der Waals surface area contributed by atoms with E-state index in [1.807, 2.05) is 30.3 Å². The van der Waals surface area contributed by atoms with Crippen molar-refractivity contribution in [3.63, 3.8) is 0 Å². The van der Waals surface area contributed by atoms with Gasteiger partial charge in [-0.2, -0.15) is 0 Å². The molecule has 0 bridgehead atoms. The van der Waals surface area contributed by atoms with Gasteiger partial charge < -0.3 is 16.4 Å². The Labute approximate surface area is 189 Å². The largest absolute Gasteiger partial charge is 0.366 e. The average molecular weight is 476 g/mol. The fraction of sp³-hybridized carbons (Fsp3) is 0.208. The van der Waals surface area contributed by atoms with Gasteiger partial charge in [0.05, 0.1) is 11.3 Å². The maximum Gasteiger partial charge on any atom is 0.251 e. The number of nitrogens with zero attached hydrogens (tertiary/aromatic N) is 2. The summed E-state index contributed by atoms with van der Waals surface area (Å²) in [5.74, 6) is 6.21. The third-order valence-electron chi connectivity index (χ3n) is 5.17. The van der Waals surface area contributed by atoms with Gasteiger partial charge in [0.1, 0.15) is 5.82 Å². The van der Waals surface area contributed by atoms with Gasteiger partial charge in [0, 0.05) is 51.4 Å². The molecule has 7 heteroatoms. The Morgan fingerprint density at radius 1 is 1.26 bits per heavy atom. The molecule has 4 rings (SSSR count). The maximum atomic E-state index is 12.5. The van der Waals surface area contributed by atoms with Gasteiger partial charge in [0.25, 0.3) is 5.91 Å². The molecule has 1 amide bonds. The summed E-state index contributed by atoms with van der Waals surface area (Å²) in [6.45, 7) is 5.97. The lowest BCUT2D eigenvalue weighted by Crippen LogP contribution is -2.38. The molecule has 0 spiro atoms. The van der Waals surface area contributed by atoms with Crippen molar-refractivity contribution in [2.75, 3.05) is 18.4 Å². The van der Waals surface area contributed by atoms with Crippen molar-refractivity contribution in [2.45, 2.75) is 18.9 Å². The lowest BCUT2D eigenvalue weighted by Gasteiger charge is -2.25. The number of rotatable bonds is 4. The van der Waals surface area contributed by atoms with Crippen molar-refractivity contribution in [1.29, 1.82) is 0 Å². The number of nitrogens with two attached hydrogens (primary N) is 1. The minimum absolute atomic E-state index is 0.247. The Morgan fingerprint density at radius 2 is 2.06 bits per heavy atom. The van der Waals surface area contributed by atoms with Crippen LogP contribution in [0.4, 0.5) is 5.82 Å². The minimum Gasteiger partial charge on any atom is -0.366 e. The first-order chi connectivity index (χ1) is 15.0. The number of halogens is 1. The molecule has 0 radical (unpaired) electrons.